The molecule has 0 N–H and O–H groups in total. The Morgan fingerprint density at radius 3 is 2.70 bits per heavy atom. The molecule has 0 heterocycles. The van der Waals surface area contributed by atoms with Crippen LogP contribution in [-0.2, 0) is 4.74 Å². The minimum Gasteiger partial charge on any atom is -0.458 e. The van der Waals surface area contributed by atoms with Crippen molar-refractivity contribution in [3.8, 4) is 0 Å². The van der Waals surface area contributed by atoms with Gasteiger partial charge in [-0.25, -0.2) is 9.79 Å². The number of ether oxygens (including phenoxy) is 1. The molecule has 4 heteroatoms. The van der Waals surface area contributed by atoms with Crippen LogP contribution in [0.15, 0.2) is 29.8 Å². The van der Waals surface area contributed by atoms with Gasteiger partial charge in [-0.15, -0.1) is 0 Å². The maximum atomic E-state index is 11.9. The number of carbonyl (C=O) groups excluding carboxylic acids is 1. The highest BCUT2D eigenvalue weighted by molar-refractivity contribution is 5.92. The molecule has 0 fully saturated rings. The Labute approximate surface area is 120 Å². The van der Waals surface area contributed by atoms with Gasteiger partial charge in [-0.1, -0.05) is 12.7 Å². The summed E-state index contributed by atoms with van der Waals surface area (Å²) < 4.78 is 5.06. The van der Waals surface area contributed by atoms with Gasteiger partial charge in [0.1, 0.15) is 6.61 Å². The number of aliphatic imine (C=N–C) groups is 1. The van der Waals surface area contributed by atoms with E-state index in [4.69, 9.17) is 4.74 Å². The van der Waals surface area contributed by atoms with Gasteiger partial charge in [0.05, 0.1) is 17.6 Å². The van der Waals surface area contributed by atoms with Crippen LogP contribution in [0, 0.1) is 13.8 Å². The molecule has 0 aromatic heterocycles. The van der Waals surface area contributed by atoms with Crippen molar-refractivity contribution >= 4 is 18.0 Å². The van der Waals surface area contributed by atoms with E-state index in [2.05, 4.69) is 18.5 Å². The van der Waals surface area contributed by atoms with E-state index in [9.17, 15) is 4.79 Å². The van der Waals surface area contributed by atoms with E-state index in [1.54, 1.807) is 12.4 Å². The second kappa shape index (κ2) is 7.48. The van der Waals surface area contributed by atoms with Crippen LogP contribution in [0.3, 0.4) is 0 Å². The molecule has 0 unspecified atom stereocenters. The first-order valence-electron chi connectivity index (χ1n) is 6.63. The van der Waals surface area contributed by atoms with E-state index >= 15 is 0 Å². The summed E-state index contributed by atoms with van der Waals surface area (Å²) in [6, 6.07) is 3.72. The maximum absolute atomic E-state index is 11.9. The van der Waals surface area contributed by atoms with Crippen LogP contribution >= 0.6 is 0 Å². The second-order valence-electron chi connectivity index (χ2n) is 4.66. The quantitative estimate of drug-likeness (QED) is 0.346. The summed E-state index contributed by atoms with van der Waals surface area (Å²) in [6.07, 6.45) is 3.34. The summed E-state index contributed by atoms with van der Waals surface area (Å²) in [5, 5.41) is 0. The molecule has 0 bridgehead atoms. The summed E-state index contributed by atoms with van der Waals surface area (Å²) in [5.41, 5.74) is 3.24. The lowest BCUT2D eigenvalue weighted by atomic mass is 10.0. The second-order valence-corrected chi connectivity index (χ2v) is 4.66. The Morgan fingerprint density at radius 2 is 2.10 bits per heavy atom. The molecule has 0 saturated heterocycles. The van der Waals surface area contributed by atoms with Crippen molar-refractivity contribution in [3.05, 3.63) is 41.5 Å². The number of hydrogen-bond acceptors (Lipinski definition) is 3. The lowest BCUT2D eigenvalue weighted by Crippen LogP contribution is -2.14. The molecule has 0 aliphatic rings. The molecule has 0 spiro atoms. The average molecular weight is 274 g/mol. The highest BCUT2D eigenvalue weighted by Gasteiger charge is 2.12. The molecule has 4 nitrogen and oxygen atoms in total. The number of carbonyl (C=O) groups is 1. The van der Waals surface area contributed by atoms with Gasteiger partial charge in [-0.3, -0.25) is 0 Å². The predicted molar refractivity (Wildman–Crippen MR) is 82.9 cm³/mol. The lowest BCUT2D eigenvalue weighted by Gasteiger charge is -2.11. The van der Waals surface area contributed by atoms with Crippen molar-refractivity contribution in [1.82, 2.24) is 4.90 Å². The molecule has 0 aliphatic carbocycles. The smallest absolute Gasteiger partial charge is 0.338 e. The molecule has 108 valence electrons. The van der Waals surface area contributed by atoms with Crippen molar-refractivity contribution < 1.29 is 9.53 Å². The lowest BCUT2D eigenvalue weighted by molar-refractivity contribution is 0.0549. The molecular weight excluding hydrogens is 252 g/mol. The molecule has 0 radical (unpaired) electrons. The van der Waals surface area contributed by atoms with E-state index in [1.807, 2.05) is 37.9 Å². The number of esters is 1. The van der Waals surface area contributed by atoms with E-state index < -0.39 is 0 Å². The van der Waals surface area contributed by atoms with Gasteiger partial charge in [-0.2, -0.15) is 0 Å². The Morgan fingerprint density at radius 1 is 1.40 bits per heavy atom. The van der Waals surface area contributed by atoms with Gasteiger partial charge in [-0.05, 0) is 44.0 Å². The van der Waals surface area contributed by atoms with Crippen LogP contribution in [0.1, 0.15) is 28.4 Å². The monoisotopic (exact) mass is 274 g/mol. The van der Waals surface area contributed by atoms with Crippen molar-refractivity contribution in [2.75, 3.05) is 20.2 Å². The van der Waals surface area contributed by atoms with Crippen molar-refractivity contribution in [3.63, 3.8) is 0 Å². The van der Waals surface area contributed by atoms with E-state index in [1.165, 1.54) is 0 Å². The summed E-state index contributed by atoms with van der Waals surface area (Å²) in [6.45, 7) is 10.5. The topological polar surface area (TPSA) is 41.9 Å². The number of hydrogen-bond donors (Lipinski definition) is 0. The van der Waals surface area contributed by atoms with E-state index in [0.717, 1.165) is 23.4 Å². The number of rotatable bonds is 6. The van der Waals surface area contributed by atoms with Crippen LogP contribution in [0.4, 0.5) is 5.69 Å². The fourth-order valence-corrected chi connectivity index (χ4v) is 1.61. The van der Waals surface area contributed by atoms with Gasteiger partial charge in [0.2, 0.25) is 0 Å². The molecule has 0 amide bonds. The van der Waals surface area contributed by atoms with Crippen LogP contribution in [0.2, 0.25) is 0 Å². The first kappa shape index (κ1) is 16.0. The molecule has 1 aromatic carbocycles. The average Bonchev–Trinajstić information content (AvgIpc) is 2.44. The largest absolute Gasteiger partial charge is 0.458 e. The number of nitrogens with zero attached hydrogens (tertiary/aromatic N) is 2. The highest BCUT2D eigenvalue weighted by atomic mass is 16.5. The molecule has 1 aromatic rings. The Kier molecular flexibility index (Phi) is 5.97. The first-order chi connectivity index (χ1) is 9.49. The molecule has 1 rings (SSSR count). The van der Waals surface area contributed by atoms with E-state index in [-0.39, 0.29) is 12.6 Å². The highest BCUT2D eigenvalue weighted by Crippen LogP contribution is 2.23. The minimum atomic E-state index is -0.327. The van der Waals surface area contributed by atoms with Gasteiger partial charge >= 0.3 is 5.97 Å². The Hall–Kier alpha value is -2.10. The van der Waals surface area contributed by atoms with Crippen LogP contribution < -0.4 is 0 Å². The van der Waals surface area contributed by atoms with Crippen molar-refractivity contribution in [2.24, 2.45) is 4.99 Å². The van der Waals surface area contributed by atoms with Crippen LogP contribution in [0.5, 0.6) is 0 Å². The van der Waals surface area contributed by atoms with Gasteiger partial charge in [0, 0.05) is 13.6 Å². The van der Waals surface area contributed by atoms with Gasteiger partial charge in [0.15, 0.2) is 0 Å². The van der Waals surface area contributed by atoms with Crippen LogP contribution in [0.25, 0.3) is 0 Å². The molecule has 0 aliphatic heterocycles. The molecular formula is C16H22N2O2. The third-order valence-electron chi connectivity index (χ3n) is 2.99. The summed E-state index contributed by atoms with van der Waals surface area (Å²) in [7, 11) is 1.96. The standard InChI is InChI=1S/C16H22N2O2/c1-6-8-20-16(19)14-9-13(4)15(10-12(14)3)17-11-18(5)7-2/h6,9-11H,1,7-8H2,2-5H3. The molecule has 0 atom stereocenters. The summed E-state index contributed by atoms with van der Waals surface area (Å²) in [5.74, 6) is -0.327. The maximum Gasteiger partial charge on any atom is 0.338 e. The summed E-state index contributed by atoms with van der Waals surface area (Å²) >= 11 is 0. The fraction of sp³-hybridized carbons (Fsp3) is 0.375. The Bertz CT molecular complexity index is 521. The third kappa shape index (κ3) is 4.23. The minimum absolute atomic E-state index is 0.221. The third-order valence-corrected chi connectivity index (χ3v) is 2.99. The normalized spacial score (nSPS) is 10.6. The predicted octanol–water partition coefficient (Wildman–Crippen LogP) is 3.26. The molecule has 0 saturated carbocycles. The van der Waals surface area contributed by atoms with Gasteiger partial charge in [0.25, 0.3) is 0 Å². The zero-order chi connectivity index (χ0) is 15.1. The summed E-state index contributed by atoms with van der Waals surface area (Å²) in [4.78, 5) is 18.3. The van der Waals surface area contributed by atoms with Crippen LogP contribution in [-0.4, -0.2) is 37.4 Å². The SMILES string of the molecule is C=CCOC(=O)c1cc(C)c(N=CN(C)CC)cc1C. The zero-order valence-electron chi connectivity index (χ0n) is 12.6. The number of benzene rings is 1. The fourth-order valence-electron chi connectivity index (χ4n) is 1.61. The van der Waals surface area contributed by atoms with Gasteiger partial charge < -0.3 is 9.64 Å². The van der Waals surface area contributed by atoms with Crippen molar-refractivity contribution in [2.45, 2.75) is 20.8 Å². The van der Waals surface area contributed by atoms with E-state index in [0.29, 0.717) is 5.56 Å². The van der Waals surface area contributed by atoms with Crippen molar-refractivity contribution in [1.29, 1.82) is 0 Å². The Balaban J connectivity index is 2.99. The number of aryl methyl sites for hydroxylation is 2. The molecule has 20 heavy (non-hydrogen) atoms. The zero-order valence-corrected chi connectivity index (χ0v) is 12.6. The first-order valence-corrected chi connectivity index (χ1v) is 6.63.